The molecule has 0 unspecified atom stereocenters. The predicted molar refractivity (Wildman–Crippen MR) is 281 cm³/mol. The lowest BCUT2D eigenvalue weighted by Gasteiger charge is -2.27. The molecule has 0 radical (unpaired) electrons. The van der Waals surface area contributed by atoms with Crippen LogP contribution in [-0.2, 0) is 0 Å². The lowest BCUT2D eigenvalue weighted by Crippen LogP contribution is -2.16. The fourth-order valence-electron chi connectivity index (χ4n) is 11.1. The minimum absolute atomic E-state index is 0.516. The van der Waals surface area contributed by atoms with Gasteiger partial charge in [0, 0.05) is 48.7 Å². The minimum Gasteiger partial charge on any atom is -0.306 e. The quantitative estimate of drug-likeness (QED) is 0.163. The van der Waals surface area contributed by atoms with Gasteiger partial charge in [0.2, 0.25) is 0 Å². The molecule has 14 rings (SSSR count). The molecule has 0 atom stereocenters. The second kappa shape index (κ2) is 14.7. The van der Waals surface area contributed by atoms with Crippen LogP contribution in [0.1, 0.15) is 16.7 Å². The Labute approximate surface area is 390 Å². The van der Waals surface area contributed by atoms with Crippen molar-refractivity contribution in [3.63, 3.8) is 0 Å². The van der Waals surface area contributed by atoms with Gasteiger partial charge in [-0.15, -0.1) is 0 Å². The number of rotatable bonds is 4. The summed E-state index contributed by atoms with van der Waals surface area (Å²) in [6.45, 7) is 0. The van der Waals surface area contributed by atoms with Crippen molar-refractivity contribution in [3.8, 4) is 40.7 Å². The summed E-state index contributed by atoms with van der Waals surface area (Å²) in [5.74, 6) is 7.67. The molecule has 0 saturated heterocycles. The third-order valence-electron chi connectivity index (χ3n) is 13.8. The molecule has 0 amide bonds. The van der Waals surface area contributed by atoms with Gasteiger partial charge < -0.3 is 18.3 Å². The lowest BCUT2D eigenvalue weighted by molar-refractivity contribution is 1.03. The van der Waals surface area contributed by atoms with Gasteiger partial charge in [-0.3, -0.25) is 0 Å². The molecule has 0 saturated carbocycles. The third kappa shape index (κ3) is 5.27. The zero-order valence-corrected chi connectivity index (χ0v) is 36.6. The fourth-order valence-corrected chi connectivity index (χ4v) is 11.1. The summed E-state index contributed by atoms with van der Waals surface area (Å²) in [4.78, 5) is 0. The summed E-state index contributed by atoms with van der Waals surface area (Å²) in [6.07, 6.45) is 0. The summed E-state index contributed by atoms with van der Waals surface area (Å²) in [7, 11) is 0. The van der Waals surface area contributed by atoms with E-state index in [4.69, 9.17) is 0 Å². The average Bonchev–Trinajstić information content (AvgIpc) is 4.13. The molecule has 4 heterocycles. The van der Waals surface area contributed by atoms with Gasteiger partial charge in [-0.2, -0.15) is 5.26 Å². The van der Waals surface area contributed by atoms with Gasteiger partial charge in [-0.25, -0.2) is 0 Å². The topological polar surface area (TPSA) is 43.5 Å². The summed E-state index contributed by atoms with van der Waals surface area (Å²) in [5, 5.41) is 21.4. The highest BCUT2D eigenvalue weighted by Gasteiger charge is 2.34. The lowest BCUT2D eigenvalue weighted by atomic mass is 9.98. The van der Waals surface area contributed by atoms with E-state index in [9.17, 15) is 5.26 Å². The van der Waals surface area contributed by atoms with Gasteiger partial charge in [0.15, 0.2) is 0 Å². The van der Waals surface area contributed by atoms with E-state index < -0.39 is 0 Å². The Morgan fingerprint density at radius 2 is 0.456 bits per heavy atom. The third-order valence-corrected chi connectivity index (χ3v) is 13.8. The second-order valence-corrected chi connectivity index (χ2v) is 17.4. The monoisotopic (exact) mass is 863 g/mol. The number of hydrogen-bond donors (Lipinski definition) is 0. The molecule has 5 heteroatoms. The van der Waals surface area contributed by atoms with Crippen LogP contribution in [0, 0.1) is 23.2 Å². The number of benzene rings is 10. The maximum Gasteiger partial charge on any atom is 0.104 e. The molecule has 68 heavy (non-hydrogen) atoms. The zero-order valence-electron chi connectivity index (χ0n) is 36.6. The molecule has 314 valence electrons. The van der Waals surface area contributed by atoms with Crippen LogP contribution >= 0.6 is 0 Å². The highest BCUT2D eigenvalue weighted by atomic mass is 15.1. The molecule has 4 aromatic heterocycles. The van der Waals surface area contributed by atoms with Crippen molar-refractivity contribution in [1.29, 1.82) is 5.26 Å². The van der Waals surface area contributed by atoms with Crippen LogP contribution in [0.2, 0.25) is 0 Å². The first-order chi connectivity index (χ1) is 33.8. The molecule has 5 nitrogen and oxygen atoms in total. The molecule has 10 aromatic carbocycles. The van der Waals surface area contributed by atoms with Crippen molar-refractivity contribution in [2.24, 2.45) is 0 Å². The number of para-hydroxylation sites is 8. The summed E-state index contributed by atoms with van der Waals surface area (Å²) >= 11 is 0. The maximum atomic E-state index is 12.5. The van der Waals surface area contributed by atoms with Crippen LogP contribution in [0.25, 0.3) is 110 Å². The Morgan fingerprint density at radius 3 is 0.706 bits per heavy atom. The number of nitriles is 1. The predicted octanol–water partition coefficient (Wildman–Crippen LogP) is 15.3. The van der Waals surface area contributed by atoms with E-state index in [2.05, 4.69) is 242 Å². The normalized spacial score (nSPS) is 11.7. The van der Waals surface area contributed by atoms with Crippen LogP contribution < -0.4 is 0 Å². The van der Waals surface area contributed by atoms with Gasteiger partial charge in [-0.05, 0) is 60.7 Å². The fraction of sp³-hybridized carbons (Fsp3) is 0. The Hall–Kier alpha value is -9.55. The van der Waals surface area contributed by atoms with E-state index in [0.29, 0.717) is 5.56 Å². The molecule has 0 aliphatic carbocycles. The Balaban J connectivity index is 1.35. The molecule has 0 bridgehead atoms. The smallest absolute Gasteiger partial charge is 0.104 e. The van der Waals surface area contributed by atoms with E-state index in [1.807, 2.05) is 18.2 Å². The molecule has 14 aromatic rings. The highest BCUT2D eigenvalue weighted by Crippen LogP contribution is 2.48. The van der Waals surface area contributed by atoms with E-state index in [0.717, 1.165) is 121 Å². The number of nitrogens with zero attached hydrogens (tertiary/aromatic N) is 5. The largest absolute Gasteiger partial charge is 0.306 e. The highest BCUT2D eigenvalue weighted by molar-refractivity contribution is 6.15. The minimum atomic E-state index is 0.516. The SMILES string of the molecule is N#Cc1c(-n2c3ccccc3c3ccccc32)c(-n2c3ccccc3c3ccccc32)c(C#Cc2ccccc2)c(-n2c3ccccc3c3ccccc32)c1-n1c2ccccc2c2ccccc21. The first kappa shape index (κ1) is 37.8. The van der Waals surface area contributed by atoms with Crippen molar-refractivity contribution in [3.05, 3.63) is 241 Å². The van der Waals surface area contributed by atoms with Gasteiger partial charge in [0.05, 0.1) is 72.4 Å². The van der Waals surface area contributed by atoms with Crippen LogP contribution in [0.15, 0.2) is 224 Å². The van der Waals surface area contributed by atoms with Gasteiger partial charge in [-0.1, -0.05) is 176 Å². The maximum absolute atomic E-state index is 12.5. The van der Waals surface area contributed by atoms with E-state index in [-0.39, 0.29) is 0 Å². The molecule has 0 aliphatic rings. The van der Waals surface area contributed by atoms with Crippen LogP contribution in [0.4, 0.5) is 0 Å². The van der Waals surface area contributed by atoms with Crippen molar-refractivity contribution in [2.45, 2.75) is 0 Å². The number of hydrogen-bond acceptors (Lipinski definition) is 1. The van der Waals surface area contributed by atoms with E-state index >= 15 is 0 Å². The first-order valence-corrected chi connectivity index (χ1v) is 22.9. The van der Waals surface area contributed by atoms with Crippen LogP contribution in [-0.4, -0.2) is 18.3 Å². The Bertz CT molecular complexity index is 4050. The van der Waals surface area contributed by atoms with Crippen molar-refractivity contribution < 1.29 is 0 Å². The molecule has 0 spiro atoms. The molecule has 0 aliphatic heterocycles. The van der Waals surface area contributed by atoms with Crippen LogP contribution in [0.3, 0.4) is 0 Å². The standard InChI is InChI=1S/C63H37N5/c64-40-51-62(67-56-34-16-8-26-46(56)47-27-9-17-35-57(47)67)60(65-52-30-12-4-22-42(52)43-23-5-13-31-53(43)65)50(39-38-41-20-2-1-3-21-41)61(66-54-32-14-6-24-44(54)45-25-7-15-33-55(45)66)63(51)68-58-36-18-10-28-48(58)49-29-11-19-37-59(49)68/h1-37H. The number of fused-ring (bicyclic) bond motifs is 12. The number of aromatic nitrogens is 4. The molecular formula is C63H37N5. The average molecular weight is 864 g/mol. The summed E-state index contributed by atoms with van der Waals surface area (Å²) in [6, 6.07) is 82.0. The second-order valence-electron chi connectivity index (χ2n) is 17.4. The van der Waals surface area contributed by atoms with Crippen molar-refractivity contribution >= 4 is 87.2 Å². The molecule has 0 N–H and O–H groups in total. The van der Waals surface area contributed by atoms with Gasteiger partial charge >= 0.3 is 0 Å². The van der Waals surface area contributed by atoms with Gasteiger partial charge in [0.25, 0.3) is 0 Å². The van der Waals surface area contributed by atoms with Crippen molar-refractivity contribution in [2.75, 3.05) is 0 Å². The van der Waals surface area contributed by atoms with Crippen LogP contribution in [0.5, 0.6) is 0 Å². The van der Waals surface area contributed by atoms with Gasteiger partial charge in [0.1, 0.15) is 11.6 Å². The van der Waals surface area contributed by atoms with E-state index in [1.54, 1.807) is 0 Å². The van der Waals surface area contributed by atoms with Crippen molar-refractivity contribution in [1.82, 2.24) is 18.3 Å². The molecule has 0 fully saturated rings. The Kier molecular flexibility index (Phi) is 8.19. The Morgan fingerprint density at radius 1 is 0.235 bits per heavy atom. The van der Waals surface area contributed by atoms with E-state index in [1.165, 1.54) is 0 Å². The zero-order chi connectivity index (χ0) is 44.9. The molecular weight excluding hydrogens is 827 g/mol. The first-order valence-electron chi connectivity index (χ1n) is 22.9. The summed E-state index contributed by atoms with van der Waals surface area (Å²) in [5.41, 5.74) is 13.3. The summed E-state index contributed by atoms with van der Waals surface area (Å²) < 4.78 is 9.44.